The maximum atomic E-state index is 9.63. The molecule has 0 aliphatic carbocycles. The topological polar surface area (TPSA) is 80.3 Å². The summed E-state index contributed by atoms with van der Waals surface area (Å²) in [5.74, 6) is 2.44. The fourth-order valence-corrected chi connectivity index (χ4v) is 2.09. The van der Waals surface area contributed by atoms with Gasteiger partial charge in [0.2, 0.25) is 0 Å². The number of phenolic OH excluding ortho intramolecular Hbond substituents is 1. The van der Waals surface area contributed by atoms with Gasteiger partial charge in [0.25, 0.3) is 0 Å². The van der Waals surface area contributed by atoms with Crippen LogP contribution in [-0.2, 0) is 0 Å². The number of nitrogens with one attached hydrogen (secondary N) is 1. The molecule has 0 saturated carbocycles. The number of nitrogens with zero attached hydrogens (tertiary/aromatic N) is 2. The third-order valence-electron chi connectivity index (χ3n) is 3.29. The minimum absolute atomic E-state index is 0.0807. The smallest absolute Gasteiger partial charge is 0.181 e. The maximum absolute atomic E-state index is 9.63. The Morgan fingerprint density at radius 3 is 2.36 bits per heavy atom. The highest BCUT2D eigenvalue weighted by Crippen LogP contribution is 2.30. The molecule has 6 heteroatoms. The third-order valence-corrected chi connectivity index (χ3v) is 3.29. The Morgan fingerprint density at radius 2 is 1.68 bits per heavy atom. The number of benzene rings is 2. The first-order valence-electron chi connectivity index (χ1n) is 6.65. The minimum Gasteiger partial charge on any atom is -0.504 e. The maximum Gasteiger partial charge on any atom is 0.181 e. The van der Waals surface area contributed by atoms with Crippen molar-refractivity contribution in [2.75, 3.05) is 14.2 Å². The molecule has 112 valence electrons. The second-order valence-electron chi connectivity index (χ2n) is 4.62. The lowest BCUT2D eigenvalue weighted by atomic mass is 10.2. The summed E-state index contributed by atoms with van der Waals surface area (Å²) in [6.45, 7) is 0. The van der Waals surface area contributed by atoms with Crippen LogP contribution in [0.3, 0.4) is 0 Å². The highest BCUT2D eigenvalue weighted by atomic mass is 16.5. The number of aromatic amines is 1. The van der Waals surface area contributed by atoms with Gasteiger partial charge < -0.3 is 14.6 Å². The van der Waals surface area contributed by atoms with Crippen molar-refractivity contribution in [3.63, 3.8) is 0 Å². The van der Waals surface area contributed by atoms with Crippen LogP contribution in [0, 0.1) is 0 Å². The number of aromatic hydroxyl groups is 1. The summed E-state index contributed by atoms with van der Waals surface area (Å²) in [6, 6.07) is 12.5. The predicted molar refractivity (Wildman–Crippen MR) is 82.0 cm³/mol. The van der Waals surface area contributed by atoms with E-state index in [0.29, 0.717) is 17.4 Å². The van der Waals surface area contributed by atoms with Crippen molar-refractivity contribution in [1.82, 2.24) is 15.2 Å². The molecule has 0 aliphatic rings. The number of hydrogen-bond donors (Lipinski definition) is 2. The van der Waals surface area contributed by atoms with Gasteiger partial charge in [0, 0.05) is 11.1 Å². The molecule has 3 aromatic rings. The Hall–Kier alpha value is -3.02. The monoisotopic (exact) mass is 297 g/mol. The molecule has 0 atom stereocenters. The number of phenols is 1. The van der Waals surface area contributed by atoms with Crippen LogP contribution in [0.5, 0.6) is 17.2 Å². The first kappa shape index (κ1) is 13.9. The van der Waals surface area contributed by atoms with Crippen molar-refractivity contribution in [3.8, 4) is 40.0 Å². The molecule has 0 fully saturated rings. The van der Waals surface area contributed by atoms with Crippen molar-refractivity contribution in [2.45, 2.75) is 0 Å². The van der Waals surface area contributed by atoms with Gasteiger partial charge in [0.15, 0.2) is 23.1 Å². The molecule has 2 N–H and O–H groups in total. The van der Waals surface area contributed by atoms with E-state index >= 15 is 0 Å². The lowest BCUT2D eigenvalue weighted by Crippen LogP contribution is -1.86. The molecular weight excluding hydrogens is 282 g/mol. The van der Waals surface area contributed by atoms with E-state index in [1.54, 1.807) is 25.3 Å². The molecule has 6 nitrogen and oxygen atoms in total. The molecule has 1 aromatic heterocycles. The molecule has 0 spiro atoms. The van der Waals surface area contributed by atoms with Crippen molar-refractivity contribution >= 4 is 0 Å². The highest BCUT2D eigenvalue weighted by molar-refractivity contribution is 5.64. The summed E-state index contributed by atoms with van der Waals surface area (Å²) in [5, 5.41) is 16.7. The van der Waals surface area contributed by atoms with Crippen LogP contribution in [-0.4, -0.2) is 34.5 Å². The Balaban J connectivity index is 1.92. The summed E-state index contributed by atoms with van der Waals surface area (Å²) in [5.41, 5.74) is 1.66. The molecule has 0 saturated heterocycles. The van der Waals surface area contributed by atoms with E-state index in [9.17, 15) is 5.11 Å². The lowest BCUT2D eigenvalue weighted by molar-refractivity contribution is 0.373. The van der Waals surface area contributed by atoms with E-state index in [1.807, 2.05) is 24.3 Å². The largest absolute Gasteiger partial charge is 0.504 e. The van der Waals surface area contributed by atoms with Crippen LogP contribution in [0.25, 0.3) is 22.8 Å². The second-order valence-corrected chi connectivity index (χ2v) is 4.62. The van der Waals surface area contributed by atoms with Crippen LogP contribution in [0.2, 0.25) is 0 Å². The quantitative estimate of drug-likeness (QED) is 0.774. The van der Waals surface area contributed by atoms with Gasteiger partial charge in [0.05, 0.1) is 14.2 Å². The Morgan fingerprint density at radius 1 is 0.955 bits per heavy atom. The average molecular weight is 297 g/mol. The zero-order valence-electron chi connectivity index (χ0n) is 12.2. The SMILES string of the molecule is COc1ccc(-c2nc(-c3ccc(O)c(OC)c3)n[nH]2)cc1. The predicted octanol–water partition coefficient (Wildman–Crippen LogP) is 2.86. The molecule has 0 amide bonds. The first-order valence-corrected chi connectivity index (χ1v) is 6.65. The van der Waals surface area contributed by atoms with E-state index in [-0.39, 0.29) is 5.75 Å². The Kier molecular flexibility index (Phi) is 3.65. The highest BCUT2D eigenvalue weighted by Gasteiger charge is 2.10. The molecular formula is C16H15N3O3. The van der Waals surface area contributed by atoms with Gasteiger partial charge in [0.1, 0.15) is 5.75 Å². The summed E-state index contributed by atoms with van der Waals surface area (Å²) in [4.78, 5) is 4.47. The number of H-pyrrole nitrogens is 1. The summed E-state index contributed by atoms with van der Waals surface area (Å²) in [7, 11) is 3.12. The Labute approximate surface area is 127 Å². The standard InChI is InChI=1S/C16H15N3O3/c1-21-12-6-3-10(4-7-12)15-17-16(19-18-15)11-5-8-13(20)14(9-11)22-2/h3-9,20H,1-2H3,(H,17,18,19). The summed E-state index contributed by atoms with van der Waals surface area (Å²) < 4.78 is 10.2. The van der Waals surface area contributed by atoms with Crippen molar-refractivity contribution in [2.24, 2.45) is 0 Å². The average Bonchev–Trinajstić information content (AvgIpc) is 3.05. The normalized spacial score (nSPS) is 10.5. The van der Waals surface area contributed by atoms with Crippen LogP contribution in [0.1, 0.15) is 0 Å². The fraction of sp³-hybridized carbons (Fsp3) is 0.125. The summed E-state index contributed by atoms with van der Waals surface area (Å²) in [6.07, 6.45) is 0. The molecule has 1 heterocycles. The number of methoxy groups -OCH3 is 2. The minimum atomic E-state index is 0.0807. The zero-order valence-corrected chi connectivity index (χ0v) is 12.2. The molecule has 0 radical (unpaired) electrons. The van der Waals surface area contributed by atoms with E-state index in [4.69, 9.17) is 9.47 Å². The van der Waals surface area contributed by atoms with Gasteiger partial charge in [-0.15, -0.1) is 0 Å². The van der Waals surface area contributed by atoms with E-state index in [0.717, 1.165) is 16.9 Å². The molecule has 0 aliphatic heterocycles. The van der Waals surface area contributed by atoms with Gasteiger partial charge in [-0.25, -0.2) is 4.98 Å². The number of rotatable bonds is 4. The molecule has 2 aromatic carbocycles. The second kappa shape index (κ2) is 5.77. The number of aromatic nitrogens is 3. The molecule has 0 unspecified atom stereocenters. The van der Waals surface area contributed by atoms with E-state index in [2.05, 4.69) is 15.2 Å². The first-order chi connectivity index (χ1) is 10.7. The third kappa shape index (κ3) is 2.58. The van der Waals surface area contributed by atoms with Crippen molar-refractivity contribution in [1.29, 1.82) is 0 Å². The van der Waals surface area contributed by atoms with Gasteiger partial charge in [-0.3, -0.25) is 5.10 Å². The van der Waals surface area contributed by atoms with Crippen LogP contribution in [0.4, 0.5) is 0 Å². The Bertz CT molecular complexity index is 782. The van der Waals surface area contributed by atoms with Crippen LogP contribution in [0.15, 0.2) is 42.5 Å². The van der Waals surface area contributed by atoms with E-state index in [1.165, 1.54) is 7.11 Å². The van der Waals surface area contributed by atoms with Crippen LogP contribution >= 0.6 is 0 Å². The van der Waals surface area contributed by atoms with Gasteiger partial charge in [-0.1, -0.05) is 0 Å². The molecule has 22 heavy (non-hydrogen) atoms. The van der Waals surface area contributed by atoms with Crippen molar-refractivity contribution < 1.29 is 14.6 Å². The van der Waals surface area contributed by atoms with Gasteiger partial charge in [-0.05, 0) is 42.5 Å². The fourth-order valence-electron chi connectivity index (χ4n) is 2.09. The molecule has 0 bridgehead atoms. The molecule has 3 rings (SSSR count). The lowest BCUT2D eigenvalue weighted by Gasteiger charge is -2.03. The van der Waals surface area contributed by atoms with Gasteiger partial charge in [-0.2, -0.15) is 5.10 Å². The van der Waals surface area contributed by atoms with Crippen molar-refractivity contribution in [3.05, 3.63) is 42.5 Å². The zero-order chi connectivity index (χ0) is 15.5. The summed E-state index contributed by atoms with van der Waals surface area (Å²) >= 11 is 0. The van der Waals surface area contributed by atoms with E-state index < -0.39 is 0 Å². The van der Waals surface area contributed by atoms with Crippen LogP contribution < -0.4 is 9.47 Å². The van der Waals surface area contributed by atoms with Gasteiger partial charge >= 0.3 is 0 Å². The number of ether oxygens (including phenoxy) is 2. The number of hydrogen-bond acceptors (Lipinski definition) is 5.